The molecule has 0 aliphatic rings. The Morgan fingerprint density at radius 2 is 1.45 bits per heavy atom. The summed E-state index contributed by atoms with van der Waals surface area (Å²) >= 11 is 0. The molecule has 0 unspecified atom stereocenters. The van der Waals surface area contributed by atoms with Crippen LogP contribution in [0.1, 0.15) is 15.9 Å². The smallest absolute Gasteiger partial charge is 0.261 e. The summed E-state index contributed by atoms with van der Waals surface area (Å²) in [5, 5.41) is 2.71. The van der Waals surface area contributed by atoms with Gasteiger partial charge < -0.3 is 9.88 Å². The molecule has 1 atom stereocenters. The second-order valence-electron chi connectivity index (χ2n) is 6.79. The number of hydrogen-bond donors (Lipinski definition) is 3. The fraction of sp³-hybridized carbons (Fsp3) is 0.130. The Bertz CT molecular complexity index is 1100. The first-order valence-electron chi connectivity index (χ1n) is 9.67. The van der Waals surface area contributed by atoms with Crippen molar-refractivity contribution in [3.8, 4) is 0 Å². The summed E-state index contributed by atoms with van der Waals surface area (Å²) in [6.07, 6.45) is 1.71. The van der Waals surface area contributed by atoms with Gasteiger partial charge in [-0.15, -0.1) is 0 Å². The fourth-order valence-electron chi connectivity index (χ4n) is 2.89. The lowest BCUT2D eigenvalue weighted by Gasteiger charge is -2.19. The maximum atomic E-state index is 12.7. The number of carbonyl (C=O) groups excluding carboxylic acids is 3. The summed E-state index contributed by atoms with van der Waals surface area (Å²) in [6, 6.07) is 21.4. The highest BCUT2D eigenvalue weighted by Gasteiger charge is 2.22. The van der Waals surface area contributed by atoms with Crippen molar-refractivity contribution in [3.63, 3.8) is 0 Å². The molecule has 3 amide bonds. The van der Waals surface area contributed by atoms with E-state index < -0.39 is 23.8 Å². The lowest BCUT2D eigenvalue weighted by molar-refractivity contribution is -0.130. The van der Waals surface area contributed by atoms with Gasteiger partial charge in [0.25, 0.3) is 23.3 Å². The van der Waals surface area contributed by atoms with E-state index in [1.165, 1.54) is 16.8 Å². The summed E-state index contributed by atoms with van der Waals surface area (Å²) in [7, 11) is 0. The third-order valence-corrected chi connectivity index (χ3v) is 4.48. The molecule has 0 spiro atoms. The molecule has 0 aliphatic heterocycles. The first-order chi connectivity index (χ1) is 15.0. The predicted molar refractivity (Wildman–Crippen MR) is 115 cm³/mol. The van der Waals surface area contributed by atoms with Crippen LogP contribution in [0.4, 0.5) is 0 Å². The van der Waals surface area contributed by atoms with Crippen LogP contribution in [0.15, 0.2) is 89.9 Å². The second kappa shape index (κ2) is 10.5. The first-order valence-corrected chi connectivity index (χ1v) is 9.67. The topological polar surface area (TPSA) is 109 Å². The van der Waals surface area contributed by atoms with E-state index in [1.807, 2.05) is 30.3 Å². The van der Waals surface area contributed by atoms with Crippen LogP contribution < -0.4 is 21.7 Å². The van der Waals surface area contributed by atoms with E-state index in [4.69, 9.17) is 0 Å². The number of benzene rings is 2. The molecule has 0 fully saturated rings. The quantitative estimate of drug-likeness (QED) is 0.498. The van der Waals surface area contributed by atoms with Crippen LogP contribution in [0, 0.1) is 0 Å². The average Bonchev–Trinajstić information content (AvgIpc) is 2.80. The van der Waals surface area contributed by atoms with Crippen molar-refractivity contribution in [1.82, 2.24) is 20.7 Å². The molecular weight excluding hydrogens is 396 g/mol. The Morgan fingerprint density at radius 1 is 0.806 bits per heavy atom. The number of hydrazine groups is 1. The number of aromatic nitrogens is 1. The number of rotatable bonds is 7. The maximum Gasteiger partial charge on any atom is 0.261 e. The third kappa shape index (κ3) is 6.40. The standard InChI is InChI=1S/C23H22N4O4/c28-20(16-27-14-8-7-13-21(27)29)25-26-23(31)19(15-17-9-3-1-4-10-17)24-22(30)18-11-5-2-6-12-18/h1-14,19H,15-16H2,(H,24,30)(H,25,28)(H,26,31)/t19-/m1/s1. The van der Waals surface area contributed by atoms with Gasteiger partial charge in [0, 0.05) is 24.2 Å². The van der Waals surface area contributed by atoms with Gasteiger partial charge in [0.2, 0.25) is 0 Å². The molecule has 1 heterocycles. The molecule has 31 heavy (non-hydrogen) atoms. The number of amides is 3. The Labute approximate surface area is 178 Å². The molecule has 1 aromatic heterocycles. The number of carbonyl (C=O) groups is 3. The summed E-state index contributed by atoms with van der Waals surface area (Å²) in [4.78, 5) is 49.1. The maximum absolute atomic E-state index is 12.7. The summed E-state index contributed by atoms with van der Waals surface area (Å²) < 4.78 is 1.21. The van der Waals surface area contributed by atoms with E-state index >= 15 is 0 Å². The Morgan fingerprint density at radius 3 is 2.13 bits per heavy atom. The van der Waals surface area contributed by atoms with Gasteiger partial charge in [-0.05, 0) is 23.8 Å². The van der Waals surface area contributed by atoms with Gasteiger partial charge in [-0.2, -0.15) is 0 Å². The molecule has 158 valence electrons. The molecule has 0 aliphatic carbocycles. The monoisotopic (exact) mass is 418 g/mol. The summed E-state index contributed by atoms with van der Waals surface area (Å²) in [5.41, 5.74) is 5.55. The van der Waals surface area contributed by atoms with Crippen molar-refractivity contribution in [2.75, 3.05) is 0 Å². The summed E-state index contributed by atoms with van der Waals surface area (Å²) in [6.45, 7) is -0.250. The van der Waals surface area contributed by atoms with E-state index in [2.05, 4.69) is 16.2 Å². The van der Waals surface area contributed by atoms with E-state index in [0.29, 0.717) is 5.56 Å². The summed E-state index contributed by atoms with van der Waals surface area (Å²) in [5.74, 6) is -1.56. The number of hydrogen-bond acceptors (Lipinski definition) is 4. The lowest BCUT2D eigenvalue weighted by Crippen LogP contribution is -2.53. The minimum Gasteiger partial charge on any atom is -0.340 e. The second-order valence-corrected chi connectivity index (χ2v) is 6.79. The molecule has 8 heteroatoms. The fourth-order valence-corrected chi connectivity index (χ4v) is 2.89. The van der Waals surface area contributed by atoms with Crippen LogP contribution in [0.2, 0.25) is 0 Å². The van der Waals surface area contributed by atoms with Crippen molar-refractivity contribution in [2.24, 2.45) is 0 Å². The van der Waals surface area contributed by atoms with Crippen LogP contribution in [0.5, 0.6) is 0 Å². The molecule has 0 bridgehead atoms. The van der Waals surface area contributed by atoms with Crippen molar-refractivity contribution >= 4 is 17.7 Å². The van der Waals surface area contributed by atoms with Gasteiger partial charge in [-0.3, -0.25) is 30.0 Å². The van der Waals surface area contributed by atoms with E-state index in [9.17, 15) is 19.2 Å². The number of nitrogens with zero attached hydrogens (tertiary/aromatic N) is 1. The van der Waals surface area contributed by atoms with Crippen LogP contribution >= 0.6 is 0 Å². The number of nitrogens with one attached hydrogen (secondary N) is 3. The Kier molecular flexibility index (Phi) is 7.31. The first kappa shape index (κ1) is 21.5. The van der Waals surface area contributed by atoms with Crippen LogP contribution in [0.25, 0.3) is 0 Å². The predicted octanol–water partition coefficient (Wildman–Crippen LogP) is 1.04. The van der Waals surface area contributed by atoms with Gasteiger partial charge in [-0.1, -0.05) is 54.6 Å². The van der Waals surface area contributed by atoms with Crippen LogP contribution in [-0.2, 0) is 22.6 Å². The van der Waals surface area contributed by atoms with Gasteiger partial charge in [0.15, 0.2) is 0 Å². The Balaban J connectivity index is 1.65. The average molecular weight is 418 g/mol. The van der Waals surface area contributed by atoms with Crippen molar-refractivity contribution in [3.05, 3.63) is 107 Å². The minimum atomic E-state index is -0.921. The zero-order chi connectivity index (χ0) is 22.1. The highest BCUT2D eigenvalue weighted by molar-refractivity contribution is 5.97. The molecule has 2 aromatic carbocycles. The lowest BCUT2D eigenvalue weighted by atomic mass is 10.0. The van der Waals surface area contributed by atoms with Crippen molar-refractivity contribution in [2.45, 2.75) is 19.0 Å². The van der Waals surface area contributed by atoms with Gasteiger partial charge >= 0.3 is 0 Å². The SMILES string of the molecule is O=C(Cn1ccccc1=O)NNC(=O)[C@@H](Cc1ccccc1)NC(=O)c1ccccc1. The zero-order valence-electron chi connectivity index (χ0n) is 16.7. The largest absolute Gasteiger partial charge is 0.340 e. The molecule has 3 rings (SSSR count). The van der Waals surface area contributed by atoms with Crippen molar-refractivity contribution < 1.29 is 14.4 Å². The van der Waals surface area contributed by atoms with E-state index in [1.54, 1.807) is 42.5 Å². The van der Waals surface area contributed by atoms with Crippen LogP contribution in [0.3, 0.4) is 0 Å². The van der Waals surface area contributed by atoms with Gasteiger partial charge in [0.1, 0.15) is 12.6 Å². The zero-order valence-corrected chi connectivity index (χ0v) is 16.7. The van der Waals surface area contributed by atoms with Gasteiger partial charge in [-0.25, -0.2) is 0 Å². The molecule has 3 aromatic rings. The van der Waals surface area contributed by atoms with E-state index in [-0.39, 0.29) is 18.5 Å². The molecule has 0 saturated heterocycles. The molecular formula is C23H22N4O4. The molecule has 3 N–H and O–H groups in total. The Hall–Kier alpha value is -4.20. The van der Waals surface area contributed by atoms with E-state index in [0.717, 1.165) is 5.56 Å². The highest BCUT2D eigenvalue weighted by Crippen LogP contribution is 2.05. The molecule has 0 saturated carbocycles. The normalized spacial score (nSPS) is 11.2. The highest BCUT2D eigenvalue weighted by atomic mass is 16.2. The number of pyridine rings is 1. The molecule has 0 radical (unpaired) electrons. The minimum absolute atomic E-state index is 0.235. The van der Waals surface area contributed by atoms with Crippen molar-refractivity contribution in [1.29, 1.82) is 0 Å². The molecule has 8 nitrogen and oxygen atoms in total. The van der Waals surface area contributed by atoms with Gasteiger partial charge in [0.05, 0.1) is 0 Å². The third-order valence-electron chi connectivity index (χ3n) is 4.48. The van der Waals surface area contributed by atoms with Crippen LogP contribution in [-0.4, -0.2) is 28.3 Å².